The first-order valence-corrected chi connectivity index (χ1v) is 5.96. The Bertz CT molecular complexity index is 488. The fourth-order valence-corrected chi connectivity index (χ4v) is 1.96. The third kappa shape index (κ3) is 3.53. The lowest BCUT2D eigenvalue weighted by atomic mass is 10.1. The maximum Gasteiger partial charge on any atom is 0.310 e. The van der Waals surface area contributed by atoms with Crippen molar-refractivity contribution in [2.75, 3.05) is 25.6 Å². The molecular formula is C14H18FNO3. The monoisotopic (exact) mass is 267 g/mol. The first kappa shape index (κ1) is 15.1. The first-order valence-electron chi connectivity index (χ1n) is 5.96. The molecule has 1 rings (SSSR count). The molecule has 0 saturated carbocycles. The second-order valence-electron chi connectivity index (χ2n) is 4.49. The topological polar surface area (TPSA) is 46.6 Å². The highest BCUT2D eigenvalue weighted by molar-refractivity contribution is 6.00. The minimum atomic E-state index is -0.553. The van der Waals surface area contributed by atoms with Crippen molar-refractivity contribution in [3.05, 3.63) is 29.6 Å². The average molecular weight is 267 g/mol. The van der Waals surface area contributed by atoms with Gasteiger partial charge < -0.3 is 9.64 Å². The van der Waals surface area contributed by atoms with Crippen LogP contribution in [0.5, 0.6) is 0 Å². The Morgan fingerprint density at radius 3 is 2.58 bits per heavy atom. The number of hydrogen-bond acceptors (Lipinski definition) is 4. The zero-order chi connectivity index (χ0) is 14.6. The number of anilines is 1. The molecule has 104 valence electrons. The van der Waals surface area contributed by atoms with Crippen molar-refractivity contribution in [3.63, 3.8) is 0 Å². The standard InChI is InChI=1S/C14H18FNO3/c1-9(14(18)19-4)8-16(3)12-7-5-6-11(15)13(12)10(2)17/h5-7,9H,8H2,1-4H3. The lowest BCUT2D eigenvalue weighted by molar-refractivity contribution is -0.144. The number of methoxy groups -OCH3 is 1. The highest BCUT2D eigenvalue weighted by Gasteiger charge is 2.20. The van der Waals surface area contributed by atoms with Crippen molar-refractivity contribution in [1.82, 2.24) is 0 Å². The molecule has 0 fully saturated rings. The molecule has 0 N–H and O–H groups in total. The number of rotatable bonds is 5. The van der Waals surface area contributed by atoms with Crippen LogP contribution in [0.1, 0.15) is 24.2 Å². The van der Waals surface area contributed by atoms with E-state index in [2.05, 4.69) is 4.74 Å². The Morgan fingerprint density at radius 1 is 1.42 bits per heavy atom. The quantitative estimate of drug-likeness (QED) is 0.606. The summed E-state index contributed by atoms with van der Waals surface area (Å²) in [6.45, 7) is 3.38. The van der Waals surface area contributed by atoms with Gasteiger partial charge in [0.25, 0.3) is 0 Å². The molecule has 19 heavy (non-hydrogen) atoms. The van der Waals surface area contributed by atoms with E-state index < -0.39 is 5.82 Å². The van der Waals surface area contributed by atoms with Gasteiger partial charge in [-0.25, -0.2) is 4.39 Å². The Balaban J connectivity index is 3.00. The second kappa shape index (κ2) is 6.31. The summed E-state index contributed by atoms with van der Waals surface area (Å²) in [6.07, 6.45) is 0. The van der Waals surface area contributed by atoms with Gasteiger partial charge in [0.1, 0.15) is 5.82 Å². The van der Waals surface area contributed by atoms with Crippen LogP contribution in [0, 0.1) is 11.7 Å². The Morgan fingerprint density at radius 2 is 2.05 bits per heavy atom. The molecular weight excluding hydrogens is 249 g/mol. The fraction of sp³-hybridized carbons (Fsp3) is 0.429. The molecule has 0 heterocycles. The number of hydrogen-bond donors (Lipinski definition) is 0. The van der Waals surface area contributed by atoms with Gasteiger partial charge in [-0.2, -0.15) is 0 Å². The molecule has 0 aliphatic carbocycles. The third-order valence-electron chi connectivity index (χ3n) is 2.91. The predicted octanol–water partition coefficient (Wildman–Crippen LogP) is 2.27. The Hall–Kier alpha value is -1.91. The number of ether oxygens (including phenoxy) is 1. The number of esters is 1. The number of halogens is 1. The van der Waals surface area contributed by atoms with Crippen molar-refractivity contribution in [2.24, 2.45) is 5.92 Å². The largest absolute Gasteiger partial charge is 0.469 e. The highest BCUT2D eigenvalue weighted by atomic mass is 19.1. The lowest BCUT2D eigenvalue weighted by Gasteiger charge is -2.24. The SMILES string of the molecule is COC(=O)C(C)CN(C)c1cccc(F)c1C(C)=O. The van der Waals surface area contributed by atoms with Crippen LogP contribution in [0.15, 0.2) is 18.2 Å². The van der Waals surface area contributed by atoms with E-state index in [0.29, 0.717) is 12.2 Å². The van der Waals surface area contributed by atoms with Crippen molar-refractivity contribution in [2.45, 2.75) is 13.8 Å². The van der Waals surface area contributed by atoms with Crippen LogP contribution in [0.4, 0.5) is 10.1 Å². The van der Waals surface area contributed by atoms with E-state index in [1.807, 2.05) is 0 Å². The smallest absolute Gasteiger partial charge is 0.310 e. The van der Waals surface area contributed by atoms with Gasteiger partial charge in [-0.1, -0.05) is 13.0 Å². The van der Waals surface area contributed by atoms with Crippen molar-refractivity contribution < 1.29 is 18.7 Å². The molecule has 1 aromatic rings. The highest BCUT2D eigenvalue weighted by Crippen LogP contribution is 2.23. The van der Waals surface area contributed by atoms with Gasteiger partial charge in [0, 0.05) is 13.6 Å². The molecule has 4 nitrogen and oxygen atoms in total. The van der Waals surface area contributed by atoms with E-state index in [1.54, 1.807) is 24.9 Å². The van der Waals surface area contributed by atoms with E-state index in [1.165, 1.54) is 26.2 Å². The molecule has 0 radical (unpaired) electrons. The molecule has 1 atom stereocenters. The predicted molar refractivity (Wildman–Crippen MR) is 70.9 cm³/mol. The zero-order valence-electron chi connectivity index (χ0n) is 11.6. The Labute approximate surface area is 112 Å². The lowest BCUT2D eigenvalue weighted by Crippen LogP contribution is -2.30. The number of Topliss-reactive ketones (excluding diaryl/α,β-unsaturated/α-hetero) is 1. The van der Waals surface area contributed by atoms with Crippen LogP contribution in [-0.4, -0.2) is 32.5 Å². The van der Waals surface area contributed by atoms with Crippen molar-refractivity contribution in [1.29, 1.82) is 0 Å². The summed E-state index contributed by atoms with van der Waals surface area (Å²) >= 11 is 0. The maximum absolute atomic E-state index is 13.7. The summed E-state index contributed by atoms with van der Waals surface area (Å²) in [5.74, 6) is -1.60. The van der Waals surface area contributed by atoms with Crippen LogP contribution in [0.3, 0.4) is 0 Å². The molecule has 0 aromatic heterocycles. The molecule has 0 spiro atoms. The summed E-state index contributed by atoms with van der Waals surface area (Å²) in [7, 11) is 3.03. The van der Waals surface area contributed by atoms with Gasteiger partial charge in [-0.3, -0.25) is 9.59 Å². The summed E-state index contributed by atoms with van der Waals surface area (Å²) in [5, 5.41) is 0. The van der Waals surface area contributed by atoms with E-state index in [0.717, 1.165) is 0 Å². The van der Waals surface area contributed by atoms with Gasteiger partial charge in [0.05, 0.1) is 24.3 Å². The molecule has 0 saturated heterocycles. The molecule has 0 amide bonds. The van der Waals surface area contributed by atoms with Crippen molar-refractivity contribution >= 4 is 17.4 Å². The van der Waals surface area contributed by atoms with E-state index in [9.17, 15) is 14.0 Å². The average Bonchev–Trinajstić information content (AvgIpc) is 2.36. The van der Waals surface area contributed by atoms with Crippen LogP contribution >= 0.6 is 0 Å². The number of ketones is 1. The van der Waals surface area contributed by atoms with E-state index in [-0.39, 0.29) is 23.2 Å². The maximum atomic E-state index is 13.7. The van der Waals surface area contributed by atoms with Gasteiger partial charge in [-0.05, 0) is 19.1 Å². The number of carbonyl (C=O) groups is 2. The van der Waals surface area contributed by atoms with Gasteiger partial charge in [0.2, 0.25) is 0 Å². The molecule has 1 unspecified atom stereocenters. The molecule has 0 bridgehead atoms. The zero-order valence-corrected chi connectivity index (χ0v) is 11.6. The summed E-state index contributed by atoms with van der Waals surface area (Å²) in [4.78, 5) is 24.6. The van der Waals surface area contributed by atoms with Gasteiger partial charge in [0.15, 0.2) is 5.78 Å². The second-order valence-corrected chi connectivity index (χ2v) is 4.49. The normalized spacial score (nSPS) is 11.8. The summed E-state index contributed by atoms with van der Waals surface area (Å²) in [5.41, 5.74) is 0.519. The Kier molecular flexibility index (Phi) is 5.03. The van der Waals surface area contributed by atoms with Crippen LogP contribution in [0.25, 0.3) is 0 Å². The van der Waals surface area contributed by atoms with E-state index >= 15 is 0 Å². The summed E-state index contributed by atoms with van der Waals surface area (Å²) < 4.78 is 18.3. The molecule has 1 aromatic carbocycles. The van der Waals surface area contributed by atoms with Crippen molar-refractivity contribution in [3.8, 4) is 0 Å². The van der Waals surface area contributed by atoms with Gasteiger partial charge in [-0.15, -0.1) is 0 Å². The minimum absolute atomic E-state index is 0.0436. The van der Waals surface area contributed by atoms with Crippen LogP contribution < -0.4 is 4.90 Å². The molecule has 0 aliphatic heterocycles. The summed E-state index contributed by atoms with van der Waals surface area (Å²) in [6, 6.07) is 4.44. The van der Waals surface area contributed by atoms with Gasteiger partial charge >= 0.3 is 5.97 Å². The molecule has 0 aliphatic rings. The number of benzene rings is 1. The third-order valence-corrected chi connectivity index (χ3v) is 2.91. The fourth-order valence-electron chi connectivity index (χ4n) is 1.96. The number of nitrogens with zero attached hydrogens (tertiary/aromatic N) is 1. The molecule has 5 heteroatoms. The van der Waals surface area contributed by atoms with E-state index in [4.69, 9.17) is 0 Å². The first-order chi connectivity index (χ1) is 8.88. The minimum Gasteiger partial charge on any atom is -0.469 e. The van der Waals surface area contributed by atoms with Crippen LogP contribution in [0.2, 0.25) is 0 Å². The number of carbonyl (C=O) groups excluding carboxylic acids is 2. The van der Waals surface area contributed by atoms with Crippen LogP contribution in [-0.2, 0) is 9.53 Å².